The van der Waals surface area contributed by atoms with Gasteiger partial charge in [0.1, 0.15) is 0 Å². The van der Waals surface area contributed by atoms with Gasteiger partial charge in [-0.2, -0.15) is 5.10 Å². The van der Waals surface area contributed by atoms with E-state index in [1.165, 1.54) is 0 Å². The number of aliphatic hydroxyl groups is 1. The van der Waals surface area contributed by atoms with Crippen molar-refractivity contribution < 1.29 is 9.90 Å². The van der Waals surface area contributed by atoms with E-state index >= 15 is 0 Å². The minimum absolute atomic E-state index is 0.481. The Hall–Kier alpha value is -4.02. The zero-order valence-electron chi connectivity index (χ0n) is 18.5. The first-order valence-electron chi connectivity index (χ1n) is 11.0. The molecule has 4 rings (SSSR count). The van der Waals surface area contributed by atoms with E-state index in [1.807, 2.05) is 61.5 Å². The molecule has 33 heavy (non-hydrogen) atoms. The lowest BCUT2D eigenvalue weighted by Gasteiger charge is -2.27. The van der Waals surface area contributed by atoms with Crippen LogP contribution < -0.4 is 5.43 Å². The van der Waals surface area contributed by atoms with Gasteiger partial charge >= 0.3 is 0 Å². The van der Waals surface area contributed by atoms with Crippen LogP contribution in [0.1, 0.15) is 30.0 Å². The third kappa shape index (κ3) is 4.76. The molecular formula is C29H26N2O2. The van der Waals surface area contributed by atoms with Gasteiger partial charge in [0, 0.05) is 0 Å². The molecule has 0 saturated carbocycles. The minimum atomic E-state index is -1.86. The molecule has 1 amide bonds. The van der Waals surface area contributed by atoms with Crippen molar-refractivity contribution in [3.63, 3.8) is 0 Å². The zero-order valence-corrected chi connectivity index (χ0v) is 18.5. The Labute approximate surface area is 194 Å². The first-order valence-corrected chi connectivity index (χ1v) is 11.0. The molecule has 0 aliphatic heterocycles. The van der Waals surface area contributed by atoms with Gasteiger partial charge in [-0.05, 0) is 34.2 Å². The molecule has 0 radical (unpaired) electrons. The number of carbonyl (C=O) groups is 1. The highest BCUT2D eigenvalue weighted by Crippen LogP contribution is 2.30. The van der Waals surface area contributed by atoms with Gasteiger partial charge in [-0.3, -0.25) is 4.79 Å². The molecule has 4 heteroatoms. The van der Waals surface area contributed by atoms with Crippen molar-refractivity contribution in [2.24, 2.45) is 5.10 Å². The predicted octanol–water partition coefficient (Wildman–Crippen LogP) is 5.52. The van der Waals surface area contributed by atoms with E-state index in [-0.39, 0.29) is 0 Å². The fourth-order valence-electron chi connectivity index (χ4n) is 3.82. The predicted molar refractivity (Wildman–Crippen MR) is 133 cm³/mol. The number of carbonyl (C=O) groups excluding carboxylic acids is 1. The summed E-state index contributed by atoms with van der Waals surface area (Å²) in [5.74, 6) is -0.605. The van der Waals surface area contributed by atoms with Crippen LogP contribution in [0.3, 0.4) is 0 Å². The molecule has 2 N–H and O–H groups in total. The fraction of sp³-hybridized carbons (Fsp3) is 0.103. The molecule has 0 bridgehead atoms. The van der Waals surface area contributed by atoms with Gasteiger partial charge in [0.2, 0.25) is 0 Å². The third-order valence-corrected chi connectivity index (χ3v) is 5.66. The molecular weight excluding hydrogens is 408 g/mol. The van der Waals surface area contributed by atoms with Gasteiger partial charge in [-0.1, -0.05) is 122 Å². The largest absolute Gasteiger partial charge is 0.372 e. The normalized spacial score (nSPS) is 11.8. The highest BCUT2D eigenvalue weighted by Gasteiger charge is 2.40. The van der Waals surface area contributed by atoms with Crippen LogP contribution in [-0.4, -0.2) is 16.7 Å². The van der Waals surface area contributed by atoms with Crippen LogP contribution in [0, 0.1) is 0 Å². The lowest BCUT2D eigenvalue weighted by atomic mass is 9.85. The number of hydrogen-bond acceptors (Lipinski definition) is 3. The van der Waals surface area contributed by atoms with Crippen molar-refractivity contribution in [2.75, 3.05) is 0 Å². The first kappa shape index (κ1) is 22.2. The van der Waals surface area contributed by atoms with Crippen LogP contribution in [-0.2, 0) is 10.4 Å². The molecule has 0 fully saturated rings. The van der Waals surface area contributed by atoms with E-state index in [1.54, 1.807) is 48.5 Å². The van der Waals surface area contributed by atoms with Gasteiger partial charge < -0.3 is 5.11 Å². The van der Waals surface area contributed by atoms with Crippen molar-refractivity contribution in [3.05, 3.63) is 132 Å². The quantitative estimate of drug-likeness (QED) is 0.297. The maximum atomic E-state index is 13.3. The molecule has 4 nitrogen and oxygen atoms in total. The van der Waals surface area contributed by atoms with Crippen molar-refractivity contribution in [1.29, 1.82) is 0 Å². The molecule has 0 saturated heterocycles. The summed E-state index contributed by atoms with van der Waals surface area (Å²) in [6.07, 6.45) is 0.625. The third-order valence-electron chi connectivity index (χ3n) is 5.66. The summed E-state index contributed by atoms with van der Waals surface area (Å²) in [4.78, 5) is 13.3. The Balaban J connectivity index is 1.61. The maximum absolute atomic E-state index is 13.3. The number of amides is 1. The number of nitrogens with zero attached hydrogens (tertiary/aromatic N) is 1. The summed E-state index contributed by atoms with van der Waals surface area (Å²) in [5.41, 5.74) is 5.62. The van der Waals surface area contributed by atoms with E-state index < -0.39 is 11.5 Å². The van der Waals surface area contributed by atoms with Gasteiger partial charge in [0.15, 0.2) is 5.60 Å². The smallest absolute Gasteiger partial charge is 0.281 e. The SMILES string of the molecule is CCC(=NNC(=O)C(O)(c1ccccc1)c1ccccc1)c1ccc(-c2ccccc2)cc1. The first-order chi connectivity index (χ1) is 16.1. The molecule has 0 aliphatic carbocycles. The average Bonchev–Trinajstić information content (AvgIpc) is 2.90. The van der Waals surface area contributed by atoms with E-state index in [9.17, 15) is 9.90 Å². The van der Waals surface area contributed by atoms with Gasteiger partial charge in [0.05, 0.1) is 5.71 Å². The molecule has 0 spiro atoms. The van der Waals surface area contributed by atoms with E-state index in [2.05, 4.69) is 22.7 Å². The summed E-state index contributed by atoms with van der Waals surface area (Å²) >= 11 is 0. The summed E-state index contributed by atoms with van der Waals surface area (Å²) < 4.78 is 0. The van der Waals surface area contributed by atoms with Crippen molar-refractivity contribution in [2.45, 2.75) is 18.9 Å². The Morgan fingerprint density at radius 3 is 1.67 bits per heavy atom. The second kappa shape index (κ2) is 10.1. The number of rotatable bonds is 7. The molecule has 0 unspecified atom stereocenters. The molecule has 0 atom stereocenters. The number of nitrogens with one attached hydrogen (secondary N) is 1. The summed E-state index contributed by atoms with van der Waals surface area (Å²) in [5, 5.41) is 15.9. The highest BCUT2D eigenvalue weighted by atomic mass is 16.3. The molecule has 164 valence electrons. The summed E-state index contributed by atoms with van der Waals surface area (Å²) in [6.45, 7) is 1.98. The van der Waals surface area contributed by atoms with Gasteiger partial charge in [-0.15, -0.1) is 0 Å². The van der Waals surface area contributed by atoms with Crippen molar-refractivity contribution in [1.82, 2.24) is 5.43 Å². The van der Waals surface area contributed by atoms with E-state index in [0.29, 0.717) is 17.5 Å². The minimum Gasteiger partial charge on any atom is -0.372 e. The Kier molecular flexibility index (Phi) is 6.77. The van der Waals surface area contributed by atoms with Crippen molar-refractivity contribution >= 4 is 11.6 Å². The zero-order chi connectivity index (χ0) is 23.1. The van der Waals surface area contributed by atoms with Crippen LogP contribution in [0.25, 0.3) is 11.1 Å². The molecule has 4 aromatic carbocycles. The van der Waals surface area contributed by atoms with Crippen molar-refractivity contribution in [3.8, 4) is 11.1 Å². The summed E-state index contributed by atoms with van der Waals surface area (Å²) in [6, 6.07) is 36.1. The highest BCUT2D eigenvalue weighted by molar-refractivity contribution is 6.01. The number of benzene rings is 4. The molecule has 4 aromatic rings. The number of hydrogen-bond donors (Lipinski definition) is 2. The van der Waals surface area contributed by atoms with Crippen LogP contribution in [0.5, 0.6) is 0 Å². The Morgan fingerprint density at radius 1 is 0.727 bits per heavy atom. The van der Waals surface area contributed by atoms with Crippen LogP contribution in [0.4, 0.5) is 0 Å². The van der Waals surface area contributed by atoms with Gasteiger partial charge in [-0.25, -0.2) is 5.43 Å². The molecule has 0 heterocycles. The Bertz CT molecular complexity index is 1180. The van der Waals surface area contributed by atoms with E-state index in [0.717, 1.165) is 22.4 Å². The number of hydrazone groups is 1. The van der Waals surface area contributed by atoms with Crippen LogP contribution in [0.15, 0.2) is 120 Å². The second-order valence-corrected chi connectivity index (χ2v) is 7.74. The molecule has 0 aromatic heterocycles. The van der Waals surface area contributed by atoms with Gasteiger partial charge in [0.25, 0.3) is 5.91 Å². The van der Waals surface area contributed by atoms with Crippen LogP contribution in [0.2, 0.25) is 0 Å². The monoisotopic (exact) mass is 434 g/mol. The summed E-state index contributed by atoms with van der Waals surface area (Å²) in [7, 11) is 0. The lowest BCUT2D eigenvalue weighted by Crippen LogP contribution is -2.44. The average molecular weight is 435 g/mol. The second-order valence-electron chi connectivity index (χ2n) is 7.74. The maximum Gasteiger partial charge on any atom is 0.281 e. The Morgan fingerprint density at radius 2 is 1.18 bits per heavy atom. The standard InChI is InChI=1S/C29H26N2O2/c1-2-27(24-20-18-23(19-21-24)22-12-6-3-7-13-22)30-31-28(32)29(33,25-14-8-4-9-15-25)26-16-10-5-11-17-26/h3-21,33H,2H2,1H3,(H,31,32). The molecule has 0 aliphatic rings. The topological polar surface area (TPSA) is 61.7 Å². The van der Waals surface area contributed by atoms with E-state index in [4.69, 9.17) is 0 Å². The lowest BCUT2D eigenvalue weighted by molar-refractivity contribution is -0.136. The van der Waals surface area contributed by atoms with Crippen LogP contribution >= 0.6 is 0 Å². The fourth-order valence-corrected chi connectivity index (χ4v) is 3.82.